The Hall–Kier alpha value is -1.88. The summed E-state index contributed by atoms with van der Waals surface area (Å²) >= 11 is 1.71. The predicted molar refractivity (Wildman–Crippen MR) is 83.4 cm³/mol. The molecule has 5 heteroatoms. The van der Waals surface area contributed by atoms with Crippen LogP contribution < -0.4 is 10.6 Å². The lowest BCUT2D eigenvalue weighted by Crippen LogP contribution is -2.26. The third kappa shape index (κ3) is 4.06. The van der Waals surface area contributed by atoms with E-state index >= 15 is 0 Å². The van der Waals surface area contributed by atoms with Crippen LogP contribution in [0.1, 0.15) is 28.6 Å². The van der Waals surface area contributed by atoms with E-state index in [1.807, 2.05) is 17.5 Å². The zero-order chi connectivity index (χ0) is 14.2. The van der Waals surface area contributed by atoms with Gasteiger partial charge in [-0.1, -0.05) is 13.0 Å². The Labute approximate surface area is 123 Å². The molecule has 0 aliphatic carbocycles. The summed E-state index contributed by atoms with van der Waals surface area (Å²) in [5.41, 5.74) is 1.45. The van der Waals surface area contributed by atoms with Gasteiger partial charge in [0.2, 0.25) is 0 Å². The van der Waals surface area contributed by atoms with Crippen molar-refractivity contribution >= 4 is 22.9 Å². The zero-order valence-electron chi connectivity index (χ0n) is 11.6. The van der Waals surface area contributed by atoms with Gasteiger partial charge < -0.3 is 10.6 Å². The second-order valence-electron chi connectivity index (χ2n) is 4.43. The van der Waals surface area contributed by atoms with Crippen LogP contribution in [0.5, 0.6) is 0 Å². The third-order valence-electron chi connectivity index (χ3n) is 2.87. The first-order valence-corrected chi connectivity index (χ1v) is 7.67. The average Bonchev–Trinajstić information content (AvgIpc) is 2.98. The maximum Gasteiger partial charge on any atom is 0.254 e. The average molecular weight is 289 g/mol. The molecule has 20 heavy (non-hydrogen) atoms. The quantitative estimate of drug-likeness (QED) is 0.824. The SMILES string of the molecule is CCCNc1ccncc1C(=O)NCCc1cccs1. The molecule has 0 bridgehead atoms. The van der Waals surface area contributed by atoms with E-state index < -0.39 is 0 Å². The summed E-state index contributed by atoms with van der Waals surface area (Å²) in [6, 6.07) is 5.94. The fraction of sp³-hybridized carbons (Fsp3) is 0.333. The molecule has 0 fully saturated rings. The van der Waals surface area contributed by atoms with E-state index in [1.165, 1.54) is 4.88 Å². The van der Waals surface area contributed by atoms with Crippen molar-refractivity contribution in [1.82, 2.24) is 10.3 Å². The number of amides is 1. The van der Waals surface area contributed by atoms with Crippen molar-refractivity contribution in [2.24, 2.45) is 0 Å². The van der Waals surface area contributed by atoms with Gasteiger partial charge in [-0.2, -0.15) is 0 Å². The Morgan fingerprint density at radius 3 is 3.00 bits per heavy atom. The molecule has 0 aromatic carbocycles. The van der Waals surface area contributed by atoms with Gasteiger partial charge in [0.1, 0.15) is 0 Å². The summed E-state index contributed by atoms with van der Waals surface area (Å²) in [5.74, 6) is -0.0757. The molecule has 2 aromatic rings. The molecule has 0 atom stereocenters. The number of thiophene rings is 1. The van der Waals surface area contributed by atoms with Crippen molar-refractivity contribution in [3.8, 4) is 0 Å². The van der Waals surface area contributed by atoms with E-state index in [0.717, 1.165) is 25.1 Å². The molecular weight excluding hydrogens is 270 g/mol. The molecule has 0 spiro atoms. The van der Waals surface area contributed by atoms with Crippen LogP contribution in [-0.4, -0.2) is 24.0 Å². The van der Waals surface area contributed by atoms with Gasteiger partial charge in [0.15, 0.2) is 0 Å². The van der Waals surface area contributed by atoms with Gasteiger partial charge in [-0.15, -0.1) is 11.3 Å². The maximum atomic E-state index is 12.2. The summed E-state index contributed by atoms with van der Waals surface area (Å²) in [7, 11) is 0. The van der Waals surface area contributed by atoms with E-state index in [4.69, 9.17) is 0 Å². The fourth-order valence-electron chi connectivity index (χ4n) is 1.84. The normalized spacial score (nSPS) is 10.2. The van der Waals surface area contributed by atoms with Crippen molar-refractivity contribution < 1.29 is 4.79 Å². The molecule has 106 valence electrons. The Morgan fingerprint density at radius 2 is 2.25 bits per heavy atom. The van der Waals surface area contributed by atoms with Crippen LogP contribution in [-0.2, 0) is 6.42 Å². The number of carbonyl (C=O) groups excluding carboxylic acids is 1. The molecule has 2 aromatic heterocycles. The molecule has 2 N–H and O–H groups in total. The van der Waals surface area contributed by atoms with Crippen molar-refractivity contribution in [3.63, 3.8) is 0 Å². The van der Waals surface area contributed by atoms with Crippen molar-refractivity contribution in [3.05, 3.63) is 46.4 Å². The van der Waals surface area contributed by atoms with Gasteiger partial charge in [0.25, 0.3) is 5.91 Å². The summed E-state index contributed by atoms with van der Waals surface area (Å²) in [4.78, 5) is 17.5. The summed E-state index contributed by atoms with van der Waals surface area (Å²) in [6.07, 6.45) is 5.18. The van der Waals surface area contributed by atoms with Crippen LogP contribution in [0.4, 0.5) is 5.69 Å². The maximum absolute atomic E-state index is 12.2. The number of nitrogens with zero attached hydrogens (tertiary/aromatic N) is 1. The molecule has 0 aliphatic heterocycles. The molecule has 2 rings (SSSR count). The van der Waals surface area contributed by atoms with Crippen molar-refractivity contribution in [2.75, 3.05) is 18.4 Å². The lowest BCUT2D eigenvalue weighted by Gasteiger charge is -2.10. The Bertz CT molecular complexity index is 540. The van der Waals surface area contributed by atoms with Crippen LogP contribution in [0.15, 0.2) is 36.0 Å². The third-order valence-corrected chi connectivity index (χ3v) is 3.80. The molecule has 2 heterocycles. The number of hydrogen-bond acceptors (Lipinski definition) is 4. The number of pyridine rings is 1. The Balaban J connectivity index is 1.91. The standard InChI is InChI=1S/C15H19N3OS/c1-2-7-17-14-6-8-16-11-13(14)15(19)18-9-5-12-4-3-10-20-12/h3-4,6,8,10-11H,2,5,7,9H2,1H3,(H,16,17)(H,18,19). The van der Waals surface area contributed by atoms with Gasteiger partial charge in [-0.25, -0.2) is 0 Å². The van der Waals surface area contributed by atoms with E-state index in [1.54, 1.807) is 23.7 Å². The number of rotatable bonds is 7. The van der Waals surface area contributed by atoms with Gasteiger partial charge >= 0.3 is 0 Å². The minimum atomic E-state index is -0.0757. The molecule has 1 amide bonds. The largest absolute Gasteiger partial charge is 0.384 e. The first-order chi connectivity index (χ1) is 9.81. The number of aromatic nitrogens is 1. The lowest BCUT2D eigenvalue weighted by atomic mass is 10.2. The zero-order valence-corrected chi connectivity index (χ0v) is 12.4. The molecule has 0 saturated carbocycles. The highest BCUT2D eigenvalue weighted by Gasteiger charge is 2.10. The van der Waals surface area contributed by atoms with Gasteiger partial charge in [-0.3, -0.25) is 9.78 Å². The Kier molecular flexibility index (Phi) is 5.55. The van der Waals surface area contributed by atoms with Gasteiger partial charge in [0, 0.05) is 30.4 Å². The highest BCUT2D eigenvalue weighted by atomic mass is 32.1. The monoisotopic (exact) mass is 289 g/mol. The van der Waals surface area contributed by atoms with Gasteiger partial charge in [-0.05, 0) is 30.4 Å². The number of carbonyl (C=O) groups is 1. The highest BCUT2D eigenvalue weighted by molar-refractivity contribution is 7.09. The molecule has 4 nitrogen and oxygen atoms in total. The predicted octanol–water partition coefficient (Wildman–Crippen LogP) is 2.94. The molecule has 0 radical (unpaired) electrons. The van der Waals surface area contributed by atoms with E-state index in [9.17, 15) is 4.79 Å². The highest BCUT2D eigenvalue weighted by Crippen LogP contribution is 2.13. The molecule has 0 unspecified atom stereocenters. The molecule has 0 saturated heterocycles. The van der Waals surface area contributed by atoms with Crippen LogP contribution in [0, 0.1) is 0 Å². The number of nitrogens with one attached hydrogen (secondary N) is 2. The minimum absolute atomic E-state index is 0.0757. The van der Waals surface area contributed by atoms with Crippen molar-refractivity contribution in [2.45, 2.75) is 19.8 Å². The van der Waals surface area contributed by atoms with E-state index in [0.29, 0.717) is 12.1 Å². The fourth-order valence-corrected chi connectivity index (χ4v) is 2.55. The summed E-state index contributed by atoms with van der Waals surface area (Å²) in [5, 5.41) is 8.24. The van der Waals surface area contributed by atoms with Crippen LogP contribution >= 0.6 is 11.3 Å². The minimum Gasteiger partial charge on any atom is -0.384 e. The van der Waals surface area contributed by atoms with Gasteiger partial charge in [0.05, 0.1) is 11.3 Å². The second-order valence-corrected chi connectivity index (χ2v) is 5.47. The van der Waals surface area contributed by atoms with E-state index in [2.05, 4.69) is 28.6 Å². The number of hydrogen-bond donors (Lipinski definition) is 2. The van der Waals surface area contributed by atoms with E-state index in [-0.39, 0.29) is 5.91 Å². The summed E-state index contributed by atoms with van der Waals surface area (Å²) < 4.78 is 0. The molecular formula is C15H19N3OS. The van der Waals surface area contributed by atoms with Crippen LogP contribution in [0.25, 0.3) is 0 Å². The summed E-state index contributed by atoms with van der Waals surface area (Å²) in [6.45, 7) is 3.58. The Morgan fingerprint density at radius 1 is 1.35 bits per heavy atom. The second kappa shape index (κ2) is 7.65. The van der Waals surface area contributed by atoms with Crippen molar-refractivity contribution in [1.29, 1.82) is 0 Å². The molecule has 0 aliphatic rings. The number of anilines is 1. The lowest BCUT2D eigenvalue weighted by molar-refractivity contribution is 0.0954. The smallest absolute Gasteiger partial charge is 0.254 e. The van der Waals surface area contributed by atoms with Crippen LogP contribution in [0.2, 0.25) is 0 Å². The van der Waals surface area contributed by atoms with Crippen LogP contribution in [0.3, 0.4) is 0 Å². The topological polar surface area (TPSA) is 54.0 Å². The first kappa shape index (κ1) is 14.5. The first-order valence-electron chi connectivity index (χ1n) is 6.79.